The Morgan fingerprint density at radius 1 is 0.510 bits per heavy atom. The summed E-state index contributed by atoms with van der Waals surface area (Å²) in [5.74, 6) is 0. The number of aliphatic imine (C=N–C) groups is 1. The Labute approximate surface area is 297 Å². The van der Waals surface area contributed by atoms with Crippen LogP contribution in [0.3, 0.4) is 0 Å². The third-order valence-corrected chi connectivity index (χ3v) is 11.6. The van der Waals surface area contributed by atoms with Crippen LogP contribution in [0.2, 0.25) is 0 Å². The number of hydrogen-bond acceptors (Lipinski definition) is 3. The van der Waals surface area contributed by atoms with E-state index >= 15 is 0 Å². The first kappa shape index (κ1) is 28.4. The van der Waals surface area contributed by atoms with Crippen molar-refractivity contribution in [3.05, 3.63) is 169 Å². The van der Waals surface area contributed by atoms with Gasteiger partial charge in [0.1, 0.15) is 0 Å². The summed E-state index contributed by atoms with van der Waals surface area (Å²) in [5.41, 5.74) is 10.5. The van der Waals surface area contributed by atoms with Crippen LogP contribution in [0, 0.1) is 0 Å². The molecule has 5 heteroatoms. The molecular formula is C46H30N4S. The zero-order valence-corrected chi connectivity index (χ0v) is 28.3. The molecular weight excluding hydrogens is 641 g/mol. The lowest BCUT2D eigenvalue weighted by molar-refractivity contribution is 0.510. The lowest BCUT2D eigenvalue weighted by Gasteiger charge is -2.24. The number of allylic oxidation sites excluding steroid dienone is 1. The highest BCUT2D eigenvalue weighted by Gasteiger charge is 2.22. The molecule has 1 unspecified atom stereocenters. The molecule has 0 radical (unpaired) electrons. The molecule has 0 saturated carbocycles. The molecule has 10 aromatic rings. The van der Waals surface area contributed by atoms with E-state index in [-0.39, 0.29) is 6.29 Å². The fourth-order valence-electron chi connectivity index (χ4n) is 8.16. The van der Waals surface area contributed by atoms with E-state index in [1.807, 2.05) is 17.6 Å². The first-order chi connectivity index (χ1) is 25.3. The highest BCUT2D eigenvalue weighted by molar-refractivity contribution is 7.26. The molecule has 4 nitrogen and oxygen atoms in total. The van der Waals surface area contributed by atoms with Crippen molar-refractivity contribution in [1.29, 1.82) is 0 Å². The number of nitrogens with one attached hydrogen (secondary N) is 1. The lowest BCUT2D eigenvalue weighted by Crippen LogP contribution is -2.26. The largest absolute Gasteiger partial charge is 0.346 e. The third-order valence-electron chi connectivity index (χ3n) is 10.4. The quantitative estimate of drug-likeness (QED) is 0.199. The van der Waals surface area contributed by atoms with Gasteiger partial charge in [-0.3, -0.25) is 0 Å². The Morgan fingerprint density at radius 2 is 1.16 bits per heavy atom. The number of benzene rings is 7. The monoisotopic (exact) mass is 670 g/mol. The zero-order valence-electron chi connectivity index (χ0n) is 27.5. The SMILES string of the molecule is C1=NC(n2c3ccccc3c3cc(-c4cccc5c4sc4ccccc45)ccc32)NC(c2cccc(-n3c4ccccc4c4ccccc43)c2)=C1. The summed E-state index contributed by atoms with van der Waals surface area (Å²) >= 11 is 1.88. The molecule has 51 heavy (non-hydrogen) atoms. The van der Waals surface area contributed by atoms with Crippen LogP contribution in [0.25, 0.3) is 86.3 Å². The van der Waals surface area contributed by atoms with Gasteiger partial charge in [0.2, 0.25) is 6.29 Å². The van der Waals surface area contributed by atoms with E-state index in [1.165, 1.54) is 63.9 Å². The molecule has 4 heterocycles. The van der Waals surface area contributed by atoms with Gasteiger partial charge in [0.15, 0.2) is 0 Å². The number of nitrogens with zero attached hydrogens (tertiary/aromatic N) is 3. The molecule has 240 valence electrons. The average molecular weight is 671 g/mol. The smallest absolute Gasteiger partial charge is 0.200 e. The Kier molecular flexibility index (Phi) is 6.15. The maximum absolute atomic E-state index is 4.99. The minimum atomic E-state index is -0.304. The van der Waals surface area contributed by atoms with Crippen LogP contribution in [0.1, 0.15) is 11.9 Å². The van der Waals surface area contributed by atoms with Gasteiger partial charge in [0.25, 0.3) is 0 Å². The van der Waals surface area contributed by atoms with E-state index < -0.39 is 0 Å². The molecule has 1 N–H and O–H groups in total. The van der Waals surface area contributed by atoms with Crippen LogP contribution in [0.15, 0.2) is 169 Å². The van der Waals surface area contributed by atoms with Crippen molar-refractivity contribution in [2.45, 2.75) is 6.29 Å². The molecule has 0 spiro atoms. The summed E-state index contributed by atoms with van der Waals surface area (Å²) in [6.45, 7) is 0. The second-order valence-corrected chi connectivity index (χ2v) is 14.3. The first-order valence-electron chi connectivity index (χ1n) is 17.3. The van der Waals surface area contributed by atoms with Crippen LogP contribution in [-0.4, -0.2) is 15.3 Å². The van der Waals surface area contributed by atoms with Crippen LogP contribution >= 0.6 is 11.3 Å². The van der Waals surface area contributed by atoms with Crippen molar-refractivity contribution in [3.8, 4) is 16.8 Å². The summed E-state index contributed by atoms with van der Waals surface area (Å²) < 4.78 is 7.36. The Morgan fingerprint density at radius 3 is 1.96 bits per heavy atom. The molecule has 0 saturated heterocycles. The number of aromatic nitrogens is 2. The molecule has 0 bridgehead atoms. The van der Waals surface area contributed by atoms with E-state index in [0.717, 1.165) is 28.0 Å². The molecule has 11 rings (SSSR count). The minimum Gasteiger partial charge on any atom is -0.346 e. The fourth-order valence-corrected chi connectivity index (χ4v) is 9.39. The lowest BCUT2D eigenvalue weighted by atomic mass is 10.0. The molecule has 0 fully saturated rings. The predicted octanol–water partition coefficient (Wildman–Crippen LogP) is 12.1. The van der Waals surface area contributed by atoms with Crippen LogP contribution in [0.4, 0.5) is 0 Å². The highest BCUT2D eigenvalue weighted by atomic mass is 32.1. The van der Waals surface area contributed by atoms with Gasteiger partial charge >= 0.3 is 0 Å². The summed E-state index contributed by atoms with van der Waals surface area (Å²) in [4.78, 5) is 4.99. The number of fused-ring (bicyclic) bond motifs is 9. The topological polar surface area (TPSA) is 34.2 Å². The highest BCUT2D eigenvalue weighted by Crippen LogP contribution is 2.42. The van der Waals surface area contributed by atoms with Crippen molar-refractivity contribution in [1.82, 2.24) is 14.5 Å². The molecule has 3 aromatic heterocycles. The average Bonchev–Trinajstić information content (AvgIpc) is 3.86. The maximum Gasteiger partial charge on any atom is 0.200 e. The summed E-state index contributed by atoms with van der Waals surface area (Å²) in [6.07, 6.45) is 3.72. The molecule has 1 aliphatic rings. The maximum atomic E-state index is 4.99. The van der Waals surface area contributed by atoms with Crippen LogP contribution in [-0.2, 0) is 0 Å². The summed E-state index contributed by atoms with van der Waals surface area (Å²) in [7, 11) is 0. The summed E-state index contributed by atoms with van der Waals surface area (Å²) in [6, 6.07) is 57.1. The molecule has 0 amide bonds. The van der Waals surface area contributed by atoms with Crippen LogP contribution < -0.4 is 5.32 Å². The van der Waals surface area contributed by atoms with Crippen molar-refractivity contribution in [2.75, 3.05) is 0 Å². The van der Waals surface area contributed by atoms with Gasteiger partial charge < -0.3 is 14.5 Å². The Hall–Kier alpha value is -6.43. The standard InChI is InChI=1S/C46H30N4S/c1-5-19-40-33(13-1)34-14-2-6-20-41(34)49(40)31-12-9-11-30(27-31)39-25-26-47-46(48-39)50-42-21-7-3-15-35(42)38-28-29(23-24-43(38)50)32-17-10-18-37-36-16-4-8-22-44(36)51-45(32)37/h1-28,46,48H. The Balaban J connectivity index is 1.00. The number of hydrogen-bond donors (Lipinski definition) is 1. The van der Waals surface area contributed by atoms with Crippen molar-refractivity contribution in [2.24, 2.45) is 4.99 Å². The second kappa shape index (κ2) is 11.0. The van der Waals surface area contributed by atoms with Gasteiger partial charge in [-0.05, 0) is 71.3 Å². The molecule has 1 atom stereocenters. The third kappa shape index (κ3) is 4.28. The Bertz CT molecular complexity index is 3030. The normalized spacial score (nSPS) is 14.7. The number of thiophene rings is 1. The fraction of sp³-hybridized carbons (Fsp3) is 0.0217. The van der Waals surface area contributed by atoms with E-state index in [9.17, 15) is 0 Å². The van der Waals surface area contributed by atoms with Gasteiger partial charge in [-0.2, -0.15) is 0 Å². The van der Waals surface area contributed by atoms with Gasteiger partial charge in [0, 0.05) is 59.3 Å². The summed E-state index contributed by atoms with van der Waals surface area (Å²) in [5, 5.41) is 11.4. The predicted molar refractivity (Wildman–Crippen MR) is 217 cm³/mol. The first-order valence-corrected chi connectivity index (χ1v) is 18.1. The van der Waals surface area contributed by atoms with Gasteiger partial charge in [0.05, 0.1) is 22.1 Å². The molecule has 0 aliphatic carbocycles. The number of rotatable bonds is 4. The van der Waals surface area contributed by atoms with Gasteiger partial charge in [-0.15, -0.1) is 11.3 Å². The van der Waals surface area contributed by atoms with E-state index in [0.29, 0.717) is 0 Å². The van der Waals surface area contributed by atoms with E-state index in [1.54, 1.807) is 0 Å². The van der Waals surface area contributed by atoms with Crippen molar-refractivity contribution in [3.63, 3.8) is 0 Å². The van der Waals surface area contributed by atoms with E-state index in [4.69, 9.17) is 4.99 Å². The van der Waals surface area contributed by atoms with E-state index in [2.05, 4.69) is 178 Å². The van der Waals surface area contributed by atoms with Crippen LogP contribution in [0.5, 0.6) is 0 Å². The minimum absolute atomic E-state index is 0.304. The second-order valence-electron chi connectivity index (χ2n) is 13.2. The van der Waals surface area contributed by atoms with Gasteiger partial charge in [-0.25, -0.2) is 4.99 Å². The zero-order chi connectivity index (χ0) is 33.5. The van der Waals surface area contributed by atoms with Crippen molar-refractivity contribution >= 4 is 87.0 Å². The molecule has 7 aromatic carbocycles. The van der Waals surface area contributed by atoms with Gasteiger partial charge in [-0.1, -0.05) is 109 Å². The molecule has 1 aliphatic heterocycles. The van der Waals surface area contributed by atoms with Crippen molar-refractivity contribution < 1.29 is 0 Å². The number of para-hydroxylation sites is 3.